The molecule has 0 fully saturated rings. The van der Waals surface area contributed by atoms with Gasteiger partial charge in [0.15, 0.2) is 11.5 Å². The highest BCUT2D eigenvalue weighted by Crippen LogP contribution is 2.40. The Labute approximate surface area is 140 Å². The number of nitrogens with zero attached hydrogens (tertiary/aromatic N) is 3. The van der Waals surface area contributed by atoms with E-state index in [9.17, 15) is 0 Å². The normalized spacial score (nSPS) is 15.4. The molecule has 4 rings (SSSR count). The summed E-state index contributed by atoms with van der Waals surface area (Å²) in [6, 6.07) is 4.01. The highest BCUT2D eigenvalue weighted by molar-refractivity contribution is 5.54. The van der Waals surface area contributed by atoms with E-state index in [1.807, 2.05) is 12.1 Å². The minimum absolute atomic E-state index is 0.559. The predicted octanol–water partition coefficient (Wildman–Crippen LogP) is 1.34. The van der Waals surface area contributed by atoms with Crippen LogP contribution in [0.1, 0.15) is 23.6 Å². The van der Waals surface area contributed by atoms with E-state index in [1.54, 1.807) is 7.11 Å². The zero-order chi connectivity index (χ0) is 16.4. The lowest BCUT2D eigenvalue weighted by Gasteiger charge is -2.21. The number of fused-ring (bicyclic) bond motifs is 2. The molecule has 0 spiro atoms. The lowest BCUT2D eigenvalue weighted by Crippen LogP contribution is -2.20. The first-order valence-electron chi connectivity index (χ1n) is 8.43. The molecule has 0 saturated heterocycles. The molecule has 0 aliphatic carbocycles. The molecule has 0 unspecified atom stereocenters. The SMILES string of the molecule is COc1cc(CNCCc2nnc3n2CCC3)cc2c1OCCO2. The molecule has 7 nitrogen and oxygen atoms in total. The number of aromatic nitrogens is 3. The van der Waals surface area contributed by atoms with Crippen LogP contribution in [0.3, 0.4) is 0 Å². The minimum Gasteiger partial charge on any atom is -0.493 e. The summed E-state index contributed by atoms with van der Waals surface area (Å²) in [6.45, 7) is 3.79. The Morgan fingerprint density at radius 2 is 2.17 bits per heavy atom. The van der Waals surface area contributed by atoms with Gasteiger partial charge in [0, 0.05) is 32.5 Å². The van der Waals surface area contributed by atoms with Gasteiger partial charge < -0.3 is 24.1 Å². The van der Waals surface area contributed by atoms with Crippen LogP contribution in [0.2, 0.25) is 0 Å². The Bertz CT molecular complexity index is 712. The molecule has 1 aromatic heterocycles. The molecule has 1 N–H and O–H groups in total. The molecule has 1 aromatic carbocycles. The number of rotatable bonds is 6. The monoisotopic (exact) mass is 330 g/mol. The standard InChI is InChI=1S/C17H22N4O3/c1-22-13-9-12(10-14-17(13)24-8-7-23-14)11-18-5-4-16-20-19-15-3-2-6-21(15)16/h9-10,18H,2-8,11H2,1H3. The van der Waals surface area contributed by atoms with Gasteiger partial charge in [-0.3, -0.25) is 0 Å². The van der Waals surface area contributed by atoms with Gasteiger partial charge in [0.2, 0.25) is 5.75 Å². The lowest BCUT2D eigenvalue weighted by molar-refractivity contribution is 0.165. The second kappa shape index (κ2) is 6.68. The highest BCUT2D eigenvalue weighted by Gasteiger charge is 2.19. The molecule has 0 saturated carbocycles. The Kier molecular flexibility index (Phi) is 4.25. The number of methoxy groups -OCH3 is 1. The van der Waals surface area contributed by atoms with E-state index in [0.29, 0.717) is 19.0 Å². The van der Waals surface area contributed by atoms with Crippen LogP contribution in [0, 0.1) is 0 Å². The van der Waals surface area contributed by atoms with Crippen molar-refractivity contribution < 1.29 is 14.2 Å². The Morgan fingerprint density at radius 1 is 1.25 bits per heavy atom. The van der Waals surface area contributed by atoms with E-state index in [1.165, 1.54) is 6.42 Å². The molecule has 2 aromatic rings. The zero-order valence-corrected chi connectivity index (χ0v) is 13.9. The zero-order valence-electron chi connectivity index (χ0n) is 13.9. The van der Waals surface area contributed by atoms with E-state index in [2.05, 4.69) is 20.1 Å². The van der Waals surface area contributed by atoms with Crippen LogP contribution in [0.5, 0.6) is 17.2 Å². The number of hydrogen-bond acceptors (Lipinski definition) is 6. The highest BCUT2D eigenvalue weighted by atomic mass is 16.6. The summed E-state index contributed by atoms with van der Waals surface area (Å²) in [6.07, 6.45) is 3.12. The Morgan fingerprint density at radius 3 is 3.08 bits per heavy atom. The van der Waals surface area contributed by atoms with Crippen molar-refractivity contribution in [2.24, 2.45) is 0 Å². The topological polar surface area (TPSA) is 70.4 Å². The summed E-state index contributed by atoms with van der Waals surface area (Å²) >= 11 is 0. The number of nitrogens with one attached hydrogen (secondary N) is 1. The quantitative estimate of drug-likeness (QED) is 0.806. The van der Waals surface area contributed by atoms with Gasteiger partial charge in [-0.15, -0.1) is 10.2 Å². The summed E-state index contributed by atoms with van der Waals surface area (Å²) in [7, 11) is 1.65. The maximum absolute atomic E-state index is 5.67. The third kappa shape index (κ3) is 2.91. The molecule has 2 aliphatic rings. The smallest absolute Gasteiger partial charge is 0.203 e. The number of benzene rings is 1. The summed E-state index contributed by atoms with van der Waals surface area (Å²) in [4.78, 5) is 0. The predicted molar refractivity (Wildman–Crippen MR) is 87.7 cm³/mol. The fourth-order valence-corrected chi connectivity index (χ4v) is 3.26. The minimum atomic E-state index is 0.559. The Hall–Kier alpha value is -2.28. The van der Waals surface area contributed by atoms with Gasteiger partial charge in [0.05, 0.1) is 7.11 Å². The van der Waals surface area contributed by atoms with E-state index in [4.69, 9.17) is 14.2 Å². The maximum Gasteiger partial charge on any atom is 0.203 e. The van der Waals surface area contributed by atoms with Crippen molar-refractivity contribution >= 4 is 0 Å². The molecule has 128 valence electrons. The first kappa shape index (κ1) is 15.3. The Balaban J connectivity index is 1.35. The van der Waals surface area contributed by atoms with Crippen LogP contribution >= 0.6 is 0 Å². The fourth-order valence-electron chi connectivity index (χ4n) is 3.26. The second-order valence-electron chi connectivity index (χ2n) is 6.04. The van der Waals surface area contributed by atoms with Crippen molar-refractivity contribution in [3.05, 3.63) is 29.3 Å². The van der Waals surface area contributed by atoms with Crippen LogP contribution in [-0.2, 0) is 25.9 Å². The van der Waals surface area contributed by atoms with Crippen molar-refractivity contribution in [3.8, 4) is 17.2 Å². The molecule has 0 radical (unpaired) electrons. The number of hydrogen-bond donors (Lipinski definition) is 1. The van der Waals surface area contributed by atoms with E-state index >= 15 is 0 Å². The molecular formula is C17H22N4O3. The van der Waals surface area contributed by atoms with Crippen LogP contribution in [0.25, 0.3) is 0 Å². The first-order valence-corrected chi connectivity index (χ1v) is 8.43. The van der Waals surface area contributed by atoms with Crippen LogP contribution < -0.4 is 19.5 Å². The third-order valence-electron chi connectivity index (χ3n) is 4.43. The van der Waals surface area contributed by atoms with Crippen molar-refractivity contribution in [1.29, 1.82) is 0 Å². The van der Waals surface area contributed by atoms with Gasteiger partial charge in [0.25, 0.3) is 0 Å². The molecule has 0 atom stereocenters. The van der Waals surface area contributed by atoms with Gasteiger partial charge in [-0.05, 0) is 24.1 Å². The summed E-state index contributed by atoms with van der Waals surface area (Å²) in [5.74, 6) is 4.38. The first-order chi connectivity index (χ1) is 11.8. The van der Waals surface area contributed by atoms with Crippen molar-refractivity contribution in [2.45, 2.75) is 32.4 Å². The van der Waals surface area contributed by atoms with Gasteiger partial charge in [-0.25, -0.2) is 0 Å². The number of aryl methyl sites for hydroxylation is 1. The molecule has 0 bridgehead atoms. The van der Waals surface area contributed by atoms with E-state index < -0.39 is 0 Å². The molecule has 3 heterocycles. The lowest BCUT2D eigenvalue weighted by atomic mass is 10.1. The fraction of sp³-hybridized carbons (Fsp3) is 0.529. The average Bonchev–Trinajstić information content (AvgIpc) is 3.22. The van der Waals surface area contributed by atoms with Gasteiger partial charge >= 0.3 is 0 Å². The second-order valence-corrected chi connectivity index (χ2v) is 6.04. The van der Waals surface area contributed by atoms with Crippen molar-refractivity contribution in [2.75, 3.05) is 26.9 Å². The largest absolute Gasteiger partial charge is 0.493 e. The van der Waals surface area contributed by atoms with Crippen LogP contribution in [0.15, 0.2) is 12.1 Å². The van der Waals surface area contributed by atoms with Crippen LogP contribution in [0.4, 0.5) is 0 Å². The number of ether oxygens (including phenoxy) is 3. The van der Waals surface area contributed by atoms with Crippen LogP contribution in [-0.4, -0.2) is 41.6 Å². The van der Waals surface area contributed by atoms with Crippen molar-refractivity contribution in [1.82, 2.24) is 20.1 Å². The summed E-state index contributed by atoms with van der Waals surface area (Å²) in [5, 5.41) is 12.0. The molecule has 2 aliphatic heterocycles. The molecule has 24 heavy (non-hydrogen) atoms. The average molecular weight is 330 g/mol. The van der Waals surface area contributed by atoms with E-state index in [-0.39, 0.29) is 0 Å². The van der Waals surface area contributed by atoms with Gasteiger partial charge in [0.1, 0.15) is 24.9 Å². The molecular weight excluding hydrogens is 308 g/mol. The third-order valence-corrected chi connectivity index (χ3v) is 4.43. The van der Waals surface area contributed by atoms with E-state index in [0.717, 1.165) is 61.2 Å². The molecule has 0 amide bonds. The summed E-state index contributed by atoms with van der Waals surface area (Å²) in [5.41, 5.74) is 1.11. The molecule has 7 heteroatoms. The maximum atomic E-state index is 5.67. The van der Waals surface area contributed by atoms with Crippen molar-refractivity contribution in [3.63, 3.8) is 0 Å². The summed E-state index contributed by atoms with van der Waals surface area (Å²) < 4.78 is 19.0. The van der Waals surface area contributed by atoms with Gasteiger partial charge in [-0.2, -0.15) is 0 Å². The van der Waals surface area contributed by atoms with Gasteiger partial charge in [-0.1, -0.05) is 0 Å².